The zero-order valence-electron chi connectivity index (χ0n) is 14.3. The van der Waals surface area contributed by atoms with E-state index >= 15 is 0 Å². The summed E-state index contributed by atoms with van der Waals surface area (Å²) in [5.74, 6) is -0.0987. The van der Waals surface area contributed by atoms with E-state index in [0.717, 1.165) is 22.4 Å². The number of benzene rings is 2. The lowest BCUT2D eigenvalue weighted by molar-refractivity contribution is -0.116. The van der Waals surface area contributed by atoms with Crippen LogP contribution in [-0.4, -0.2) is 23.2 Å². The first kappa shape index (κ1) is 18.2. The standard InChI is InChI=1S/C20H26N2O2/c1-14-7-6-8-15(2)20(14)22-19(24)12-11-18(23)17(21)13-16-9-4-3-5-10-16/h3-10,17-18,23H,11-13,21H2,1-2H3,(H,22,24)/t17?,18-/m0/s1. The molecule has 0 saturated carbocycles. The summed E-state index contributed by atoms with van der Waals surface area (Å²) in [6.45, 7) is 3.93. The summed E-state index contributed by atoms with van der Waals surface area (Å²) in [7, 11) is 0. The van der Waals surface area contributed by atoms with E-state index in [-0.39, 0.29) is 18.4 Å². The van der Waals surface area contributed by atoms with Crippen LogP contribution in [0.5, 0.6) is 0 Å². The molecule has 0 spiro atoms. The maximum Gasteiger partial charge on any atom is 0.224 e. The Morgan fingerprint density at radius 2 is 1.71 bits per heavy atom. The van der Waals surface area contributed by atoms with Gasteiger partial charge in [0.2, 0.25) is 5.91 Å². The normalized spacial score (nSPS) is 13.3. The van der Waals surface area contributed by atoms with E-state index in [2.05, 4.69) is 5.32 Å². The van der Waals surface area contributed by atoms with Crippen molar-refractivity contribution in [3.8, 4) is 0 Å². The predicted octanol–water partition coefficient (Wildman–Crippen LogP) is 2.95. The number of carbonyl (C=O) groups is 1. The second kappa shape index (κ2) is 8.62. The molecule has 0 aliphatic rings. The van der Waals surface area contributed by atoms with Gasteiger partial charge >= 0.3 is 0 Å². The molecule has 0 radical (unpaired) electrons. The summed E-state index contributed by atoms with van der Waals surface area (Å²) >= 11 is 0. The van der Waals surface area contributed by atoms with Crippen molar-refractivity contribution >= 4 is 11.6 Å². The average Bonchev–Trinajstić information content (AvgIpc) is 2.57. The third kappa shape index (κ3) is 5.18. The maximum absolute atomic E-state index is 12.1. The Morgan fingerprint density at radius 1 is 1.08 bits per heavy atom. The molecule has 0 bridgehead atoms. The van der Waals surface area contributed by atoms with Crippen LogP contribution in [-0.2, 0) is 11.2 Å². The largest absolute Gasteiger partial charge is 0.391 e. The van der Waals surface area contributed by atoms with Crippen LogP contribution in [0.4, 0.5) is 5.69 Å². The molecule has 4 N–H and O–H groups in total. The first-order valence-electron chi connectivity index (χ1n) is 8.31. The minimum Gasteiger partial charge on any atom is -0.391 e. The van der Waals surface area contributed by atoms with Crippen LogP contribution in [0.1, 0.15) is 29.5 Å². The molecule has 0 fully saturated rings. The minimum absolute atomic E-state index is 0.0987. The van der Waals surface area contributed by atoms with Crippen molar-refractivity contribution in [2.75, 3.05) is 5.32 Å². The van der Waals surface area contributed by atoms with E-state index in [1.807, 2.05) is 62.4 Å². The molecule has 2 atom stereocenters. The number of anilines is 1. The van der Waals surface area contributed by atoms with Gasteiger partial charge in [-0.2, -0.15) is 0 Å². The summed E-state index contributed by atoms with van der Waals surface area (Å²) in [5, 5.41) is 13.1. The van der Waals surface area contributed by atoms with Crippen LogP contribution in [0, 0.1) is 13.8 Å². The Bertz CT molecular complexity index is 650. The topological polar surface area (TPSA) is 75.3 Å². The van der Waals surface area contributed by atoms with Crippen molar-refractivity contribution < 1.29 is 9.90 Å². The van der Waals surface area contributed by atoms with E-state index < -0.39 is 6.10 Å². The van der Waals surface area contributed by atoms with Crippen LogP contribution in [0.3, 0.4) is 0 Å². The number of rotatable bonds is 7. The average molecular weight is 326 g/mol. The fourth-order valence-electron chi connectivity index (χ4n) is 2.73. The molecule has 4 heteroatoms. The second-order valence-corrected chi connectivity index (χ2v) is 6.27. The lowest BCUT2D eigenvalue weighted by Crippen LogP contribution is -2.37. The van der Waals surface area contributed by atoms with Crippen LogP contribution in [0.2, 0.25) is 0 Å². The second-order valence-electron chi connectivity index (χ2n) is 6.27. The number of aliphatic hydroxyl groups excluding tert-OH is 1. The van der Waals surface area contributed by atoms with E-state index in [4.69, 9.17) is 5.73 Å². The van der Waals surface area contributed by atoms with Gasteiger partial charge in [0.1, 0.15) is 0 Å². The molecule has 0 heterocycles. The lowest BCUT2D eigenvalue weighted by Gasteiger charge is -2.19. The number of amides is 1. The van der Waals surface area contributed by atoms with Gasteiger partial charge in [0.15, 0.2) is 0 Å². The van der Waals surface area contributed by atoms with Gasteiger partial charge in [-0.15, -0.1) is 0 Å². The van der Waals surface area contributed by atoms with Crippen molar-refractivity contribution in [2.45, 2.75) is 45.3 Å². The van der Waals surface area contributed by atoms with Crippen molar-refractivity contribution in [3.05, 3.63) is 65.2 Å². The van der Waals surface area contributed by atoms with Crippen molar-refractivity contribution in [1.82, 2.24) is 0 Å². The molecule has 2 aromatic rings. The monoisotopic (exact) mass is 326 g/mol. The van der Waals surface area contributed by atoms with E-state index in [0.29, 0.717) is 12.8 Å². The Hall–Kier alpha value is -2.17. The fraction of sp³-hybridized carbons (Fsp3) is 0.350. The highest BCUT2D eigenvalue weighted by molar-refractivity contribution is 5.92. The van der Waals surface area contributed by atoms with E-state index in [1.165, 1.54) is 0 Å². The van der Waals surface area contributed by atoms with Crippen LogP contribution >= 0.6 is 0 Å². The summed E-state index contributed by atoms with van der Waals surface area (Å²) in [6.07, 6.45) is 0.497. The van der Waals surface area contributed by atoms with Crippen molar-refractivity contribution in [2.24, 2.45) is 5.73 Å². The number of nitrogens with one attached hydrogen (secondary N) is 1. The third-order valence-corrected chi connectivity index (χ3v) is 4.22. The highest BCUT2D eigenvalue weighted by atomic mass is 16.3. The number of hydrogen-bond donors (Lipinski definition) is 3. The Morgan fingerprint density at radius 3 is 2.33 bits per heavy atom. The molecule has 0 saturated heterocycles. The zero-order chi connectivity index (χ0) is 17.5. The minimum atomic E-state index is -0.700. The van der Waals surface area contributed by atoms with Crippen LogP contribution in [0.15, 0.2) is 48.5 Å². The molecule has 2 rings (SSSR count). The van der Waals surface area contributed by atoms with E-state index in [1.54, 1.807) is 0 Å². The van der Waals surface area contributed by atoms with Gasteiger partial charge in [0.25, 0.3) is 0 Å². The first-order valence-corrected chi connectivity index (χ1v) is 8.31. The van der Waals surface area contributed by atoms with E-state index in [9.17, 15) is 9.90 Å². The van der Waals surface area contributed by atoms with Gasteiger partial charge in [0, 0.05) is 18.2 Å². The molecule has 4 nitrogen and oxygen atoms in total. The maximum atomic E-state index is 12.1. The lowest BCUT2D eigenvalue weighted by atomic mass is 9.99. The third-order valence-electron chi connectivity index (χ3n) is 4.22. The Balaban J connectivity index is 1.82. The molecule has 0 aromatic heterocycles. The highest BCUT2D eigenvalue weighted by Gasteiger charge is 2.17. The molecular formula is C20H26N2O2. The molecular weight excluding hydrogens is 300 g/mol. The Kier molecular flexibility index (Phi) is 6.53. The molecule has 1 amide bonds. The van der Waals surface area contributed by atoms with Gasteiger partial charge in [-0.25, -0.2) is 0 Å². The molecule has 0 aliphatic heterocycles. The Labute approximate surface area is 143 Å². The number of carbonyl (C=O) groups excluding carboxylic acids is 1. The van der Waals surface area contributed by atoms with Crippen LogP contribution in [0.25, 0.3) is 0 Å². The van der Waals surface area contributed by atoms with Gasteiger partial charge in [0.05, 0.1) is 6.10 Å². The van der Waals surface area contributed by atoms with Gasteiger partial charge in [-0.1, -0.05) is 48.5 Å². The number of para-hydroxylation sites is 1. The number of nitrogens with two attached hydrogens (primary N) is 1. The molecule has 2 aromatic carbocycles. The molecule has 1 unspecified atom stereocenters. The highest BCUT2D eigenvalue weighted by Crippen LogP contribution is 2.20. The number of aliphatic hydroxyl groups is 1. The van der Waals surface area contributed by atoms with Gasteiger partial charge in [-0.3, -0.25) is 4.79 Å². The molecule has 0 aliphatic carbocycles. The quantitative estimate of drug-likeness (QED) is 0.732. The predicted molar refractivity (Wildman–Crippen MR) is 97.9 cm³/mol. The van der Waals surface area contributed by atoms with Gasteiger partial charge in [-0.05, 0) is 43.4 Å². The summed E-state index contributed by atoms with van der Waals surface area (Å²) in [5.41, 5.74) is 10.1. The smallest absolute Gasteiger partial charge is 0.224 e. The number of hydrogen-bond acceptors (Lipinski definition) is 3. The van der Waals surface area contributed by atoms with Crippen LogP contribution < -0.4 is 11.1 Å². The van der Waals surface area contributed by atoms with Crippen molar-refractivity contribution in [3.63, 3.8) is 0 Å². The summed E-state index contributed by atoms with van der Waals surface area (Å²) in [6, 6.07) is 15.3. The van der Waals surface area contributed by atoms with Crippen molar-refractivity contribution in [1.29, 1.82) is 0 Å². The fourth-order valence-corrected chi connectivity index (χ4v) is 2.73. The summed E-state index contributed by atoms with van der Waals surface area (Å²) in [4.78, 5) is 12.1. The molecule has 24 heavy (non-hydrogen) atoms. The zero-order valence-corrected chi connectivity index (χ0v) is 14.3. The SMILES string of the molecule is Cc1cccc(C)c1NC(=O)CC[C@H](O)C(N)Cc1ccccc1. The first-order chi connectivity index (χ1) is 11.5. The summed E-state index contributed by atoms with van der Waals surface area (Å²) < 4.78 is 0. The van der Waals surface area contributed by atoms with Gasteiger partial charge < -0.3 is 16.2 Å². The molecule has 128 valence electrons. The number of aryl methyl sites for hydroxylation is 2.